The first-order valence-corrected chi connectivity index (χ1v) is 5.99. The minimum Gasteiger partial charge on any atom is -0.397 e. The molecule has 5 heteroatoms. The van der Waals surface area contributed by atoms with E-state index < -0.39 is 0 Å². The van der Waals surface area contributed by atoms with E-state index in [1.807, 2.05) is 6.07 Å². The Morgan fingerprint density at radius 3 is 2.82 bits per heavy atom. The van der Waals surface area contributed by atoms with E-state index in [9.17, 15) is 4.79 Å². The molecule has 1 aromatic rings. The van der Waals surface area contributed by atoms with Gasteiger partial charge in [-0.05, 0) is 25.0 Å². The summed E-state index contributed by atoms with van der Waals surface area (Å²) in [5.74, 6) is 1.21. The van der Waals surface area contributed by atoms with Crippen molar-refractivity contribution >= 4 is 17.4 Å². The normalized spacial score (nSPS) is 15.1. The van der Waals surface area contributed by atoms with E-state index in [2.05, 4.69) is 15.6 Å². The van der Waals surface area contributed by atoms with Crippen LogP contribution >= 0.6 is 0 Å². The van der Waals surface area contributed by atoms with Gasteiger partial charge in [0.1, 0.15) is 5.82 Å². The van der Waals surface area contributed by atoms with Crippen molar-refractivity contribution in [3.05, 3.63) is 18.3 Å². The highest BCUT2D eigenvalue weighted by Crippen LogP contribution is 2.25. The number of hydrogen-bond acceptors (Lipinski definition) is 4. The van der Waals surface area contributed by atoms with Crippen LogP contribution in [0.2, 0.25) is 0 Å². The number of aromatic nitrogens is 1. The van der Waals surface area contributed by atoms with Crippen LogP contribution in [0.15, 0.2) is 18.3 Å². The fraction of sp³-hybridized carbons (Fsp3) is 0.500. The van der Waals surface area contributed by atoms with Gasteiger partial charge in [-0.1, -0.05) is 6.42 Å². The summed E-state index contributed by atoms with van der Waals surface area (Å²) < 4.78 is 0. The zero-order valence-electron chi connectivity index (χ0n) is 9.78. The Labute approximate surface area is 101 Å². The Morgan fingerprint density at radius 2 is 2.24 bits per heavy atom. The van der Waals surface area contributed by atoms with Crippen LogP contribution in [0.5, 0.6) is 0 Å². The van der Waals surface area contributed by atoms with E-state index in [-0.39, 0.29) is 11.8 Å². The number of hydrogen-bond donors (Lipinski definition) is 3. The van der Waals surface area contributed by atoms with Gasteiger partial charge in [0.15, 0.2) is 0 Å². The van der Waals surface area contributed by atoms with E-state index in [1.165, 1.54) is 6.42 Å². The van der Waals surface area contributed by atoms with Gasteiger partial charge in [0, 0.05) is 19.0 Å². The SMILES string of the molecule is Nc1ccc(NCCNC(=O)C2CCC2)nc1. The Balaban J connectivity index is 1.62. The number of anilines is 2. The number of nitrogens with zero attached hydrogens (tertiary/aromatic N) is 1. The summed E-state index contributed by atoms with van der Waals surface area (Å²) in [6, 6.07) is 3.62. The molecule has 1 heterocycles. The van der Waals surface area contributed by atoms with E-state index in [0.717, 1.165) is 18.7 Å². The molecule has 4 N–H and O–H groups in total. The average molecular weight is 234 g/mol. The Kier molecular flexibility index (Phi) is 3.80. The summed E-state index contributed by atoms with van der Waals surface area (Å²) >= 11 is 0. The van der Waals surface area contributed by atoms with Crippen molar-refractivity contribution in [3.63, 3.8) is 0 Å². The lowest BCUT2D eigenvalue weighted by Gasteiger charge is -2.24. The molecule has 17 heavy (non-hydrogen) atoms. The van der Waals surface area contributed by atoms with Crippen LogP contribution < -0.4 is 16.4 Å². The average Bonchev–Trinajstić information content (AvgIpc) is 2.24. The van der Waals surface area contributed by atoms with Crippen LogP contribution in [0.3, 0.4) is 0 Å². The molecule has 0 atom stereocenters. The van der Waals surface area contributed by atoms with Crippen LogP contribution in [-0.2, 0) is 4.79 Å². The Hall–Kier alpha value is -1.78. The van der Waals surface area contributed by atoms with Crippen molar-refractivity contribution < 1.29 is 4.79 Å². The summed E-state index contributed by atoms with van der Waals surface area (Å²) in [6.45, 7) is 1.30. The third-order valence-electron chi connectivity index (χ3n) is 2.99. The molecule has 0 radical (unpaired) electrons. The van der Waals surface area contributed by atoms with Crippen molar-refractivity contribution in [2.24, 2.45) is 5.92 Å². The molecular weight excluding hydrogens is 216 g/mol. The lowest BCUT2D eigenvalue weighted by Crippen LogP contribution is -2.36. The summed E-state index contributed by atoms with van der Waals surface area (Å²) in [5.41, 5.74) is 6.18. The topological polar surface area (TPSA) is 80.0 Å². The van der Waals surface area contributed by atoms with E-state index >= 15 is 0 Å². The molecule has 0 spiro atoms. The molecule has 1 saturated carbocycles. The molecule has 1 aromatic heterocycles. The zero-order chi connectivity index (χ0) is 12.1. The molecule has 1 amide bonds. The molecule has 0 bridgehead atoms. The standard InChI is InChI=1S/C12H18N4O/c13-10-4-5-11(16-8-10)14-6-7-15-12(17)9-2-1-3-9/h4-5,8-9H,1-3,6-7,13H2,(H,14,16)(H,15,17). The first-order chi connectivity index (χ1) is 8.25. The highest BCUT2D eigenvalue weighted by atomic mass is 16.1. The second-order valence-corrected chi connectivity index (χ2v) is 4.32. The lowest BCUT2D eigenvalue weighted by atomic mass is 9.85. The quantitative estimate of drug-likeness (QED) is 0.664. The van der Waals surface area contributed by atoms with Crippen LogP contribution in [0.1, 0.15) is 19.3 Å². The van der Waals surface area contributed by atoms with Gasteiger partial charge in [0.05, 0.1) is 11.9 Å². The third kappa shape index (κ3) is 3.34. The molecule has 5 nitrogen and oxygen atoms in total. The van der Waals surface area contributed by atoms with Crippen molar-refractivity contribution in [3.8, 4) is 0 Å². The molecular formula is C12H18N4O. The summed E-state index contributed by atoms with van der Waals surface area (Å²) in [5, 5.41) is 6.03. The van der Waals surface area contributed by atoms with Crippen LogP contribution in [0.25, 0.3) is 0 Å². The van der Waals surface area contributed by atoms with Crippen molar-refractivity contribution in [2.75, 3.05) is 24.1 Å². The number of nitrogen functional groups attached to an aromatic ring is 1. The molecule has 1 aliphatic carbocycles. The van der Waals surface area contributed by atoms with Crippen molar-refractivity contribution in [2.45, 2.75) is 19.3 Å². The number of rotatable bonds is 5. The van der Waals surface area contributed by atoms with Gasteiger partial charge in [-0.25, -0.2) is 4.98 Å². The minimum atomic E-state index is 0.184. The van der Waals surface area contributed by atoms with Gasteiger partial charge in [-0.2, -0.15) is 0 Å². The van der Waals surface area contributed by atoms with Gasteiger partial charge < -0.3 is 16.4 Å². The largest absolute Gasteiger partial charge is 0.397 e. The summed E-state index contributed by atoms with van der Waals surface area (Å²) in [4.78, 5) is 15.6. The number of carbonyl (C=O) groups excluding carboxylic acids is 1. The number of pyridine rings is 1. The molecule has 0 saturated heterocycles. The van der Waals surface area contributed by atoms with Gasteiger partial charge in [-0.15, -0.1) is 0 Å². The molecule has 2 rings (SSSR count). The summed E-state index contributed by atoms with van der Waals surface area (Å²) in [6.07, 6.45) is 4.87. The van der Waals surface area contributed by atoms with Crippen LogP contribution in [-0.4, -0.2) is 24.0 Å². The number of amides is 1. The molecule has 0 aromatic carbocycles. The first-order valence-electron chi connectivity index (χ1n) is 5.99. The van der Waals surface area contributed by atoms with Gasteiger partial charge in [0.2, 0.25) is 5.91 Å². The van der Waals surface area contributed by atoms with Gasteiger partial charge in [0.25, 0.3) is 0 Å². The van der Waals surface area contributed by atoms with Crippen molar-refractivity contribution in [1.29, 1.82) is 0 Å². The number of carbonyl (C=O) groups is 1. The first kappa shape index (κ1) is 11.7. The lowest BCUT2D eigenvalue weighted by molar-refractivity contribution is -0.127. The zero-order valence-corrected chi connectivity index (χ0v) is 9.78. The Bertz CT molecular complexity index is 373. The fourth-order valence-electron chi connectivity index (χ4n) is 1.70. The highest BCUT2D eigenvalue weighted by molar-refractivity contribution is 5.79. The molecule has 0 unspecified atom stereocenters. The summed E-state index contributed by atoms with van der Waals surface area (Å²) in [7, 11) is 0. The van der Waals surface area contributed by atoms with Gasteiger partial charge >= 0.3 is 0 Å². The minimum absolute atomic E-state index is 0.184. The maximum Gasteiger partial charge on any atom is 0.223 e. The Morgan fingerprint density at radius 1 is 1.41 bits per heavy atom. The van der Waals surface area contributed by atoms with Crippen molar-refractivity contribution in [1.82, 2.24) is 10.3 Å². The molecule has 0 aliphatic heterocycles. The van der Waals surface area contributed by atoms with E-state index in [4.69, 9.17) is 5.73 Å². The maximum absolute atomic E-state index is 11.5. The van der Waals surface area contributed by atoms with Gasteiger partial charge in [-0.3, -0.25) is 4.79 Å². The number of nitrogens with two attached hydrogens (primary N) is 1. The van der Waals surface area contributed by atoms with Crippen LogP contribution in [0.4, 0.5) is 11.5 Å². The monoisotopic (exact) mass is 234 g/mol. The second-order valence-electron chi connectivity index (χ2n) is 4.32. The fourth-order valence-corrected chi connectivity index (χ4v) is 1.70. The second kappa shape index (κ2) is 5.52. The maximum atomic E-state index is 11.5. The van der Waals surface area contributed by atoms with E-state index in [1.54, 1.807) is 12.3 Å². The van der Waals surface area contributed by atoms with Crippen LogP contribution in [0, 0.1) is 5.92 Å². The molecule has 1 fully saturated rings. The third-order valence-corrected chi connectivity index (χ3v) is 2.99. The molecule has 92 valence electrons. The van der Waals surface area contributed by atoms with E-state index in [0.29, 0.717) is 18.8 Å². The smallest absolute Gasteiger partial charge is 0.223 e. The molecule has 1 aliphatic rings. The predicted molar refractivity (Wildman–Crippen MR) is 67.5 cm³/mol. The highest BCUT2D eigenvalue weighted by Gasteiger charge is 2.24. The number of nitrogens with one attached hydrogen (secondary N) is 2. The predicted octanol–water partition coefficient (Wildman–Crippen LogP) is 0.992.